The van der Waals surface area contributed by atoms with Crippen LogP contribution in [0, 0.1) is 5.82 Å². The van der Waals surface area contributed by atoms with Gasteiger partial charge in [0, 0.05) is 30.5 Å². The zero-order valence-corrected chi connectivity index (χ0v) is 13.0. The number of halogens is 2. The highest BCUT2D eigenvalue weighted by Crippen LogP contribution is 2.25. The first-order valence-corrected chi connectivity index (χ1v) is 7.28. The predicted octanol–water partition coefficient (Wildman–Crippen LogP) is 4.17. The molecule has 0 aliphatic rings. The first-order valence-electron chi connectivity index (χ1n) is 6.49. The monoisotopic (exact) mass is 345 g/mol. The van der Waals surface area contributed by atoms with Gasteiger partial charge in [-0.25, -0.2) is 4.39 Å². The molecule has 0 saturated carbocycles. The Morgan fingerprint density at radius 1 is 1.19 bits per heavy atom. The molecule has 0 radical (unpaired) electrons. The number of aromatic nitrogens is 2. The first kappa shape index (κ1) is 13.9. The van der Waals surface area contributed by atoms with Crippen molar-refractivity contribution in [3.63, 3.8) is 0 Å². The Bertz CT molecular complexity index is 791. The molecular formula is C16H13BrFN3. The van der Waals surface area contributed by atoms with Crippen molar-refractivity contribution in [2.45, 2.75) is 6.54 Å². The zero-order valence-electron chi connectivity index (χ0n) is 11.4. The highest BCUT2D eigenvalue weighted by molar-refractivity contribution is 9.10. The fourth-order valence-electron chi connectivity index (χ4n) is 2.29. The third kappa shape index (κ3) is 3.03. The lowest BCUT2D eigenvalue weighted by atomic mass is 10.2. The number of hydrogen-bond donors (Lipinski definition) is 0. The molecule has 3 aromatic rings. The minimum absolute atomic E-state index is 0.220. The molecule has 21 heavy (non-hydrogen) atoms. The van der Waals surface area contributed by atoms with Gasteiger partial charge < -0.3 is 4.90 Å². The Morgan fingerprint density at radius 3 is 2.86 bits per heavy atom. The Morgan fingerprint density at radius 2 is 2.05 bits per heavy atom. The van der Waals surface area contributed by atoms with Gasteiger partial charge in [-0.1, -0.05) is 12.1 Å². The average molecular weight is 346 g/mol. The van der Waals surface area contributed by atoms with Gasteiger partial charge in [-0.2, -0.15) is 0 Å². The van der Waals surface area contributed by atoms with Crippen LogP contribution in [-0.4, -0.2) is 17.0 Å². The fraction of sp³-hybridized carbons (Fsp3) is 0.125. The highest BCUT2D eigenvalue weighted by Gasteiger charge is 2.09. The van der Waals surface area contributed by atoms with Gasteiger partial charge in [-0.05, 0) is 45.8 Å². The summed E-state index contributed by atoms with van der Waals surface area (Å²) in [6.45, 7) is 0.606. The van der Waals surface area contributed by atoms with Crippen molar-refractivity contribution in [3.05, 3.63) is 64.6 Å². The van der Waals surface area contributed by atoms with Crippen LogP contribution in [0.1, 0.15) is 5.56 Å². The molecule has 0 unspecified atom stereocenters. The summed E-state index contributed by atoms with van der Waals surface area (Å²) in [6.07, 6.45) is 3.51. The van der Waals surface area contributed by atoms with Gasteiger partial charge in [0.1, 0.15) is 11.3 Å². The SMILES string of the molecule is CN(Cc1cccc(F)c1)c1ccnc2cc(Br)cnc12. The van der Waals surface area contributed by atoms with Crippen molar-refractivity contribution in [1.82, 2.24) is 9.97 Å². The van der Waals surface area contributed by atoms with E-state index in [-0.39, 0.29) is 5.82 Å². The summed E-state index contributed by atoms with van der Waals surface area (Å²) >= 11 is 3.40. The standard InChI is InChI=1S/C16H13BrFN3/c1-21(10-11-3-2-4-13(18)7-11)15-5-6-19-14-8-12(17)9-20-16(14)15/h2-9H,10H2,1H3. The Labute approximate surface area is 130 Å². The molecule has 0 spiro atoms. The molecule has 0 N–H and O–H groups in total. The normalized spacial score (nSPS) is 10.8. The fourth-order valence-corrected chi connectivity index (χ4v) is 2.61. The van der Waals surface area contributed by atoms with Crippen LogP contribution in [0.3, 0.4) is 0 Å². The predicted molar refractivity (Wildman–Crippen MR) is 85.7 cm³/mol. The molecule has 3 nitrogen and oxygen atoms in total. The summed E-state index contributed by atoms with van der Waals surface area (Å²) in [4.78, 5) is 10.8. The van der Waals surface area contributed by atoms with E-state index < -0.39 is 0 Å². The minimum atomic E-state index is -0.220. The molecule has 0 atom stereocenters. The molecule has 0 aliphatic heterocycles. The topological polar surface area (TPSA) is 29.0 Å². The number of rotatable bonds is 3. The smallest absolute Gasteiger partial charge is 0.123 e. The maximum absolute atomic E-state index is 13.3. The quantitative estimate of drug-likeness (QED) is 0.713. The lowest BCUT2D eigenvalue weighted by molar-refractivity contribution is 0.625. The van der Waals surface area contributed by atoms with E-state index in [1.54, 1.807) is 24.5 Å². The summed E-state index contributed by atoms with van der Waals surface area (Å²) in [5, 5.41) is 0. The molecule has 0 bridgehead atoms. The van der Waals surface area contributed by atoms with Gasteiger partial charge in [0.05, 0.1) is 11.2 Å². The third-order valence-corrected chi connectivity index (χ3v) is 3.68. The number of anilines is 1. The van der Waals surface area contributed by atoms with E-state index in [0.29, 0.717) is 6.54 Å². The lowest BCUT2D eigenvalue weighted by Crippen LogP contribution is -2.17. The number of fused-ring (bicyclic) bond motifs is 1. The van der Waals surface area contributed by atoms with Crippen molar-refractivity contribution in [3.8, 4) is 0 Å². The van der Waals surface area contributed by atoms with Crippen LogP contribution in [-0.2, 0) is 6.54 Å². The maximum atomic E-state index is 13.3. The Hall–Kier alpha value is -2.01. The van der Waals surface area contributed by atoms with E-state index in [4.69, 9.17) is 0 Å². The van der Waals surface area contributed by atoms with Crippen LogP contribution in [0.25, 0.3) is 11.0 Å². The molecule has 2 aromatic heterocycles. The zero-order chi connectivity index (χ0) is 14.8. The highest BCUT2D eigenvalue weighted by atomic mass is 79.9. The van der Waals surface area contributed by atoms with Gasteiger partial charge in [-0.15, -0.1) is 0 Å². The van der Waals surface area contributed by atoms with Gasteiger partial charge in [0.2, 0.25) is 0 Å². The molecule has 1 aromatic carbocycles. The summed E-state index contributed by atoms with van der Waals surface area (Å²) in [5.74, 6) is -0.220. The number of hydrogen-bond acceptors (Lipinski definition) is 3. The lowest BCUT2D eigenvalue weighted by Gasteiger charge is -2.20. The minimum Gasteiger partial charge on any atom is -0.368 e. The molecule has 0 fully saturated rings. The van der Waals surface area contributed by atoms with Crippen molar-refractivity contribution in [1.29, 1.82) is 0 Å². The van der Waals surface area contributed by atoms with Crippen molar-refractivity contribution in [2.75, 3.05) is 11.9 Å². The Balaban J connectivity index is 1.96. The molecule has 0 saturated heterocycles. The van der Waals surface area contributed by atoms with Crippen molar-refractivity contribution < 1.29 is 4.39 Å². The number of benzene rings is 1. The second-order valence-electron chi connectivity index (χ2n) is 4.84. The largest absolute Gasteiger partial charge is 0.368 e. The Kier molecular flexibility index (Phi) is 3.84. The van der Waals surface area contributed by atoms with Crippen LogP contribution in [0.15, 0.2) is 53.3 Å². The molecular weight excluding hydrogens is 333 g/mol. The first-order chi connectivity index (χ1) is 10.1. The van der Waals surface area contributed by atoms with Crippen LogP contribution < -0.4 is 4.90 Å². The van der Waals surface area contributed by atoms with E-state index in [9.17, 15) is 4.39 Å². The maximum Gasteiger partial charge on any atom is 0.123 e. The van der Waals surface area contributed by atoms with Crippen LogP contribution in [0.5, 0.6) is 0 Å². The van der Waals surface area contributed by atoms with E-state index in [2.05, 4.69) is 25.9 Å². The molecule has 0 aliphatic carbocycles. The summed E-state index contributed by atoms with van der Waals surface area (Å²) in [5.41, 5.74) is 3.55. The third-order valence-electron chi connectivity index (χ3n) is 3.24. The van der Waals surface area contributed by atoms with Gasteiger partial charge in [-0.3, -0.25) is 9.97 Å². The van der Waals surface area contributed by atoms with Gasteiger partial charge >= 0.3 is 0 Å². The van der Waals surface area contributed by atoms with Crippen LogP contribution >= 0.6 is 15.9 Å². The molecule has 3 rings (SSSR count). The van der Waals surface area contributed by atoms with Crippen molar-refractivity contribution in [2.24, 2.45) is 0 Å². The van der Waals surface area contributed by atoms with E-state index in [0.717, 1.165) is 26.8 Å². The summed E-state index contributed by atoms with van der Waals surface area (Å²) in [6, 6.07) is 10.5. The summed E-state index contributed by atoms with van der Waals surface area (Å²) in [7, 11) is 1.96. The second-order valence-corrected chi connectivity index (χ2v) is 5.75. The van der Waals surface area contributed by atoms with Crippen molar-refractivity contribution >= 4 is 32.7 Å². The van der Waals surface area contributed by atoms with E-state index in [1.807, 2.05) is 30.1 Å². The van der Waals surface area contributed by atoms with Crippen LogP contribution in [0.2, 0.25) is 0 Å². The number of nitrogens with zero attached hydrogens (tertiary/aromatic N) is 3. The molecule has 2 heterocycles. The second kappa shape index (κ2) is 5.77. The van der Waals surface area contributed by atoms with E-state index in [1.165, 1.54) is 6.07 Å². The van der Waals surface area contributed by atoms with Gasteiger partial charge in [0.15, 0.2) is 0 Å². The average Bonchev–Trinajstić information content (AvgIpc) is 2.46. The van der Waals surface area contributed by atoms with E-state index >= 15 is 0 Å². The summed E-state index contributed by atoms with van der Waals surface area (Å²) < 4.78 is 14.2. The molecule has 0 amide bonds. The number of pyridine rings is 2. The van der Waals surface area contributed by atoms with Crippen LogP contribution in [0.4, 0.5) is 10.1 Å². The molecule has 5 heteroatoms. The molecule has 106 valence electrons. The van der Waals surface area contributed by atoms with Gasteiger partial charge in [0.25, 0.3) is 0 Å².